The predicted octanol–water partition coefficient (Wildman–Crippen LogP) is 15.9. The Bertz CT molecular complexity index is 3940. The Morgan fingerprint density at radius 3 is 1.53 bits per heavy atom. The molecule has 13 aromatic rings. The minimum Gasteiger partial charge on any atom is -0.456 e. The van der Waals surface area contributed by atoms with Crippen molar-refractivity contribution in [3.8, 4) is 84.5 Å². The normalized spacial score (nSPS) is 11.5. The third kappa shape index (κ3) is 6.82. The third-order valence-corrected chi connectivity index (χ3v) is 12.9. The average Bonchev–Trinajstić information content (AvgIpc) is 3.95. The van der Waals surface area contributed by atoms with Crippen molar-refractivity contribution in [1.82, 2.24) is 24.5 Å². The van der Waals surface area contributed by atoms with Crippen LogP contribution in [-0.4, -0.2) is 24.5 Å². The summed E-state index contributed by atoms with van der Waals surface area (Å²) in [5, 5.41) is 4.34. The Morgan fingerprint density at radius 2 is 0.853 bits per heavy atom. The van der Waals surface area contributed by atoms with Gasteiger partial charge in [-0.1, -0.05) is 170 Å². The molecule has 13 rings (SSSR count). The van der Waals surface area contributed by atoms with Gasteiger partial charge in [-0.2, -0.15) is 0 Å². The highest BCUT2D eigenvalue weighted by atomic mass is 16.3. The minimum atomic E-state index is 0.525. The van der Waals surface area contributed by atoms with Gasteiger partial charge in [-0.15, -0.1) is 0 Å². The number of hydrogen-bond donors (Lipinski definition) is 0. The van der Waals surface area contributed by atoms with Crippen LogP contribution in [0.25, 0.3) is 128 Å². The maximum Gasteiger partial charge on any atom is 0.166 e. The molecule has 9 aromatic carbocycles. The largest absolute Gasteiger partial charge is 0.456 e. The van der Waals surface area contributed by atoms with Crippen molar-refractivity contribution >= 4 is 43.7 Å². The van der Waals surface area contributed by atoms with Gasteiger partial charge in [0.15, 0.2) is 17.5 Å². The number of furan rings is 1. The molecule has 0 aliphatic carbocycles. The lowest BCUT2D eigenvalue weighted by atomic mass is 9.91. The van der Waals surface area contributed by atoms with Gasteiger partial charge in [0.05, 0.1) is 16.7 Å². The first-order valence-corrected chi connectivity index (χ1v) is 22.8. The van der Waals surface area contributed by atoms with Gasteiger partial charge in [-0.3, -0.25) is 4.98 Å². The summed E-state index contributed by atoms with van der Waals surface area (Å²) in [6.45, 7) is 0. The van der Waals surface area contributed by atoms with E-state index in [1.807, 2.05) is 66.9 Å². The molecule has 6 heteroatoms. The standard InChI is InChI=1S/C62H39N5O/c1-6-18-40(19-7-1)48-32-30-44(34-50(48)41-20-8-2-9-21-41)46-36-54(62-65-60(42-22-10-3-11-23-42)64-61(66-62)43-24-12-4-13-25-43)59(63-39-46)45-31-33-57-52(35-45)53-37-56-51(38-58(53)68-57)49-28-16-17-29-55(49)67(56)47-26-14-5-15-27-47/h1-39H. The molecule has 4 aromatic heterocycles. The van der Waals surface area contributed by atoms with Crippen LogP contribution >= 0.6 is 0 Å². The fraction of sp³-hybridized carbons (Fsp3) is 0. The Hall–Kier alpha value is -9.26. The number of hydrogen-bond acceptors (Lipinski definition) is 5. The third-order valence-electron chi connectivity index (χ3n) is 12.9. The van der Waals surface area contributed by atoms with Crippen LogP contribution < -0.4 is 0 Å². The number of rotatable bonds is 8. The smallest absolute Gasteiger partial charge is 0.166 e. The van der Waals surface area contributed by atoms with Crippen LogP contribution in [0.2, 0.25) is 0 Å². The fourth-order valence-corrected chi connectivity index (χ4v) is 9.64. The second kappa shape index (κ2) is 16.3. The zero-order chi connectivity index (χ0) is 45.0. The highest BCUT2D eigenvalue weighted by Gasteiger charge is 2.21. The summed E-state index contributed by atoms with van der Waals surface area (Å²) in [5.74, 6) is 1.69. The van der Waals surface area contributed by atoms with E-state index in [1.165, 1.54) is 5.39 Å². The van der Waals surface area contributed by atoms with Crippen molar-refractivity contribution in [2.75, 3.05) is 0 Å². The van der Waals surface area contributed by atoms with Crippen LogP contribution in [0.15, 0.2) is 241 Å². The summed E-state index contributed by atoms with van der Waals surface area (Å²) in [4.78, 5) is 20.9. The summed E-state index contributed by atoms with van der Waals surface area (Å²) in [6.07, 6.45) is 1.97. The zero-order valence-electron chi connectivity index (χ0n) is 36.7. The topological polar surface area (TPSA) is 69.6 Å². The molecule has 318 valence electrons. The molecule has 0 unspecified atom stereocenters. The number of benzene rings is 9. The first-order chi connectivity index (χ1) is 33.7. The zero-order valence-corrected chi connectivity index (χ0v) is 36.7. The molecule has 0 aliphatic rings. The lowest BCUT2D eigenvalue weighted by molar-refractivity contribution is 0.669. The summed E-state index contributed by atoms with van der Waals surface area (Å²) in [5.41, 5.74) is 15.8. The first-order valence-electron chi connectivity index (χ1n) is 22.8. The van der Waals surface area contributed by atoms with E-state index in [2.05, 4.69) is 174 Å². The van der Waals surface area contributed by atoms with E-state index in [1.54, 1.807) is 0 Å². The van der Waals surface area contributed by atoms with E-state index >= 15 is 0 Å². The van der Waals surface area contributed by atoms with Crippen molar-refractivity contribution in [2.45, 2.75) is 0 Å². The van der Waals surface area contributed by atoms with E-state index in [0.29, 0.717) is 17.5 Å². The van der Waals surface area contributed by atoms with Gasteiger partial charge in [0.25, 0.3) is 0 Å². The molecule has 0 spiro atoms. The highest BCUT2D eigenvalue weighted by molar-refractivity contribution is 6.17. The predicted molar refractivity (Wildman–Crippen MR) is 277 cm³/mol. The van der Waals surface area contributed by atoms with Crippen LogP contribution in [0, 0.1) is 0 Å². The molecule has 4 heterocycles. The summed E-state index contributed by atoms with van der Waals surface area (Å²) >= 11 is 0. The van der Waals surface area contributed by atoms with Crippen LogP contribution in [-0.2, 0) is 0 Å². The minimum absolute atomic E-state index is 0.525. The Balaban J connectivity index is 1.04. The molecule has 0 saturated carbocycles. The van der Waals surface area contributed by atoms with Gasteiger partial charge in [-0.25, -0.2) is 15.0 Å². The van der Waals surface area contributed by atoms with Crippen molar-refractivity contribution in [1.29, 1.82) is 0 Å². The SMILES string of the molecule is c1ccc(-c2nc(-c3ccccc3)nc(-c3cc(-c4ccc(-c5ccccc5)c(-c5ccccc5)c4)cnc3-c3ccc4oc5cc6c7ccccc7n(-c7ccccc7)c6cc5c4c3)n2)cc1. The van der Waals surface area contributed by atoms with Crippen molar-refractivity contribution in [3.63, 3.8) is 0 Å². The van der Waals surface area contributed by atoms with E-state index in [9.17, 15) is 0 Å². The van der Waals surface area contributed by atoms with Crippen molar-refractivity contribution < 1.29 is 4.42 Å². The Kier molecular flexibility index (Phi) is 9.39. The van der Waals surface area contributed by atoms with Crippen molar-refractivity contribution in [2.24, 2.45) is 0 Å². The average molecular weight is 870 g/mol. The molecule has 0 N–H and O–H groups in total. The second-order valence-corrected chi connectivity index (χ2v) is 17.0. The molecule has 6 nitrogen and oxygen atoms in total. The summed E-state index contributed by atoms with van der Waals surface area (Å²) in [6, 6.07) is 80.1. The lowest BCUT2D eigenvalue weighted by Crippen LogP contribution is -2.02. The fourth-order valence-electron chi connectivity index (χ4n) is 9.64. The molecule has 0 bridgehead atoms. The lowest BCUT2D eigenvalue weighted by Gasteiger charge is -2.15. The maximum absolute atomic E-state index is 6.66. The monoisotopic (exact) mass is 869 g/mol. The second-order valence-electron chi connectivity index (χ2n) is 17.0. The molecule has 0 amide bonds. The van der Waals surface area contributed by atoms with Crippen molar-refractivity contribution in [3.05, 3.63) is 237 Å². The molecule has 0 fully saturated rings. The number of nitrogens with zero attached hydrogens (tertiary/aromatic N) is 5. The molecular weight excluding hydrogens is 831 g/mol. The molecule has 0 atom stereocenters. The van der Waals surface area contributed by atoms with Gasteiger partial charge < -0.3 is 8.98 Å². The van der Waals surface area contributed by atoms with Gasteiger partial charge in [-0.05, 0) is 88.5 Å². The first kappa shape index (κ1) is 39.1. The van der Waals surface area contributed by atoms with Gasteiger partial charge >= 0.3 is 0 Å². The summed E-state index contributed by atoms with van der Waals surface area (Å²) < 4.78 is 9.01. The number of pyridine rings is 1. The Labute approximate surface area is 392 Å². The Morgan fingerprint density at radius 1 is 0.309 bits per heavy atom. The van der Waals surface area contributed by atoms with Gasteiger partial charge in [0.2, 0.25) is 0 Å². The maximum atomic E-state index is 6.66. The number of aromatic nitrogens is 5. The van der Waals surface area contributed by atoms with Crippen LogP contribution in [0.5, 0.6) is 0 Å². The van der Waals surface area contributed by atoms with Gasteiger partial charge in [0.1, 0.15) is 11.2 Å². The van der Waals surface area contributed by atoms with E-state index in [-0.39, 0.29) is 0 Å². The van der Waals surface area contributed by atoms with Crippen LogP contribution in [0.1, 0.15) is 0 Å². The molecule has 0 saturated heterocycles. The number of para-hydroxylation sites is 2. The summed E-state index contributed by atoms with van der Waals surface area (Å²) in [7, 11) is 0. The molecule has 0 aliphatic heterocycles. The van der Waals surface area contributed by atoms with Gasteiger partial charge in [0, 0.05) is 61.2 Å². The van der Waals surface area contributed by atoms with E-state index in [4.69, 9.17) is 24.4 Å². The highest BCUT2D eigenvalue weighted by Crippen LogP contribution is 2.42. The molecule has 0 radical (unpaired) electrons. The van der Waals surface area contributed by atoms with E-state index in [0.717, 1.165) is 105 Å². The molecule has 68 heavy (non-hydrogen) atoms. The van der Waals surface area contributed by atoms with Crippen LogP contribution in [0.4, 0.5) is 0 Å². The van der Waals surface area contributed by atoms with E-state index < -0.39 is 0 Å². The molecular formula is C62H39N5O. The number of fused-ring (bicyclic) bond motifs is 6. The quantitative estimate of drug-likeness (QED) is 0.152. The van der Waals surface area contributed by atoms with Crippen LogP contribution in [0.3, 0.4) is 0 Å².